The van der Waals surface area contributed by atoms with Crippen LogP contribution in [0.4, 0.5) is 0 Å². The highest BCUT2D eigenvalue weighted by Gasteiger charge is 2.16. The molecule has 0 saturated heterocycles. The van der Waals surface area contributed by atoms with Gasteiger partial charge in [-0.25, -0.2) is 0 Å². The molecule has 2 unspecified atom stereocenters. The number of aliphatic hydroxyl groups is 1. The van der Waals surface area contributed by atoms with Gasteiger partial charge in [-0.3, -0.25) is 0 Å². The summed E-state index contributed by atoms with van der Waals surface area (Å²) < 4.78 is 5.34. The monoisotopic (exact) mass is 305 g/mol. The van der Waals surface area contributed by atoms with Crippen LogP contribution in [0.2, 0.25) is 0 Å². The Morgan fingerprint density at radius 2 is 2.14 bits per heavy atom. The van der Waals surface area contributed by atoms with Gasteiger partial charge < -0.3 is 15.2 Å². The molecule has 0 bridgehead atoms. The Morgan fingerprint density at radius 3 is 2.76 bits per heavy atom. The van der Waals surface area contributed by atoms with Crippen LogP contribution < -0.4 is 10.1 Å². The second-order valence-electron chi connectivity index (χ2n) is 5.15. The van der Waals surface area contributed by atoms with Crippen molar-refractivity contribution in [2.24, 2.45) is 0 Å². The molecule has 2 rings (SSSR count). The van der Waals surface area contributed by atoms with Crippen molar-refractivity contribution >= 4 is 11.3 Å². The van der Waals surface area contributed by atoms with Gasteiger partial charge in [-0.05, 0) is 36.9 Å². The fraction of sp³-hybridized carbons (Fsp3) is 0.412. The average Bonchev–Trinajstić information content (AvgIpc) is 3.02. The first-order valence-corrected chi connectivity index (χ1v) is 8.13. The minimum atomic E-state index is -0.575. The Bertz CT molecular complexity index is 554. The smallest absolute Gasteiger partial charge is 0.124 e. The van der Waals surface area contributed by atoms with E-state index in [0.717, 1.165) is 23.3 Å². The summed E-state index contributed by atoms with van der Waals surface area (Å²) in [4.78, 5) is 1.31. The number of methoxy groups -OCH3 is 1. The Labute approximate surface area is 130 Å². The number of hydrogen-bond donors (Lipinski definition) is 2. The standard InChI is InChI=1S/C17H23NO2S/c1-4-14(17-6-5-9-21-17)18-11-15(19)13-10-12(2)7-8-16(13)20-3/h5-10,14-15,18-19H,4,11H2,1-3H3. The van der Waals surface area contributed by atoms with Gasteiger partial charge in [-0.15, -0.1) is 11.3 Å². The van der Waals surface area contributed by atoms with Crippen molar-refractivity contribution in [3.8, 4) is 5.75 Å². The number of thiophene rings is 1. The molecule has 0 aliphatic heterocycles. The second-order valence-corrected chi connectivity index (χ2v) is 6.12. The molecule has 3 nitrogen and oxygen atoms in total. The molecule has 114 valence electrons. The lowest BCUT2D eigenvalue weighted by atomic mass is 10.0. The van der Waals surface area contributed by atoms with Crippen molar-refractivity contribution in [2.45, 2.75) is 32.4 Å². The van der Waals surface area contributed by atoms with Gasteiger partial charge in [-0.2, -0.15) is 0 Å². The summed E-state index contributed by atoms with van der Waals surface area (Å²) in [5.74, 6) is 0.735. The summed E-state index contributed by atoms with van der Waals surface area (Å²) >= 11 is 1.74. The number of benzene rings is 1. The van der Waals surface area contributed by atoms with Gasteiger partial charge in [0.05, 0.1) is 13.2 Å². The molecule has 21 heavy (non-hydrogen) atoms. The highest BCUT2D eigenvalue weighted by atomic mass is 32.1. The van der Waals surface area contributed by atoms with Crippen molar-refractivity contribution in [1.82, 2.24) is 5.32 Å². The molecule has 0 amide bonds. The van der Waals surface area contributed by atoms with Gasteiger partial charge in [0, 0.05) is 23.0 Å². The third kappa shape index (κ3) is 4.06. The Kier molecular flexibility index (Phi) is 5.79. The number of ether oxygens (including phenoxy) is 1. The maximum Gasteiger partial charge on any atom is 0.124 e. The first-order chi connectivity index (χ1) is 10.2. The molecule has 0 aliphatic carbocycles. The molecule has 1 heterocycles. The maximum atomic E-state index is 10.5. The van der Waals surface area contributed by atoms with Gasteiger partial charge >= 0.3 is 0 Å². The van der Waals surface area contributed by atoms with Crippen LogP contribution in [0.3, 0.4) is 0 Å². The molecular weight excluding hydrogens is 282 g/mol. The molecule has 0 radical (unpaired) electrons. The predicted octanol–water partition coefficient (Wildman–Crippen LogP) is 3.84. The number of rotatable bonds is 7. The number of hydrogen-bond acceptors (Lipinski definition) is 4. The summed E-state index contributed by atoms with van der Waals surface area (Å²) in [6.07, 6.45) is 0.423. The summed E-state index contributed by atoms with van der Waals surface area (Å²) in [7, 11) is 1.63. The van der Waals surface area contributed by atoms with Crippen LogP contribution >= 0.6 is 11.3 Å². The average molecular weight is 305 g/mol. The van der Waals surface area contributed by atoms with Crippen LogP contribution in [0.5, 0.6) is 5.75 Å². The molecule has 0 saturated carbocycles. The van der Waals surface area contributed by atoms with Crippen LogP contribution in [0.25, 0.3) is 0 Å². The molecule has 1 aromatic heterocycles. The third-order valence-corrected chi connectivity index (χ3v) is 4.58. The van der Waals surface area contributed by atoms with Crippen molar-refractivity contribution in [3.05, 3.63) is 51.7 Å². The number of nitrogens with one attached hydrogen (secondary N) is 1. The zero-order chi connectivity index (χ0) is 15.2. The van der Waals surface area contributed by atoms with Crippen molar-refractivity contribution in [2.75, 3.05) is 13.7 Å². The maximum absolute atomic E-state index is 10.5. The molecular formula is C17H23NO2S. The molecule has 2 N–H and O–H groups in total. The largest absolute Gasteiger partial charge is 0.496 e. The third-order valence-electron chi connectivity index (χ3n) is 3.60. The minimum Gasteiger partial charge on any atom is -0.496 e. The summed E-state index contributed by atoms with van der Waals surface area (Å²) in [6, 6.07) is 10.4. The van der Waals surface area contributed by atoms with E-state index < -0.39 is 6.10 Å². The van der Waals surface area contributed by atoms with E-state index in [2.05, 4.69) is 29.8 Å². The lowest BCUT2D eigenvalue weighted by molar-refractivity contribution is 0.165. The van der Waals surface area contributed by atoms with Gasteiger partial charge in [0.1, 0.15) is 5.75 Å². The quantitative estimate of drug-likeness (QED) is 0.816. The van der Waals surface area contributed by atoms with Crippen LogP contribution in [0.15, 0.2) is 35.7 Å². The van der Waals surface area contributed by atoms with E-state index in [1.807, 2.05) is 25.1 Å². The van der Waals surface area contributed by atoms with E-state index in [4.69, 9.17) is 4.74 Å². The van der Waals surface area contributed by atoms with E-state index in [-0.39, 0.29) is 6.04 Å². The predicted molar refractivity (Wildman–Crippen MR) is 88.0 cm³/mol. The van der Waals surface area contributed by atoms with E-state index >= 15 is 0 Å². The van der Waals surface area contributed by atoms with Crippen molar-refractivity contribution in [3.63, 3.8) is 0 Å². The Balaban J connectivity index is 2.04. The van der Waals surface area contributed by atoms with E-state index in [0.29, 0.717) is 6.54 Å². The van der Waals surface area contributed by atoms with E-state index in [9.17, 15) is 5.11 Å². The zero-order valence-corrected chi connectivity index (χ0v) is 13.6. The molecule has 4 heteroatoms. The Hall–Kier alpha value is -1.36. The fourth-order valence-electron chi connectivity index (χ4n) is 2.41. The fourth-order valence-corrected chi connectivity index (χ4v) is 3.30. The van der Waals surface area contributed by atoms with E-state index in [1.54, 1.807) is 18.4 Å². The molecule has 2 aromatic rings. The summed E-state index contributed by atoms with van der Waals surface area (Å²) in [5.41, 5.74) is 1.96. The van der Waals surface area contributed by atoms with Crippen LogP contribution in [0.1, 0.15) is 41.5 Å². The molecule has 2 atom stereocenters. The summed E-state index contributed by atoms with van der Waals surface area (Å²) in [6.45, 7) is 4.68. The van der Waals surface area contributed by atoms with Crippen LogP contribution in [0, 0.1) is 6.92 Å². The van der Waals surface area contributed by atoms with E-state index in [1.165, 1.54) is 4.88 Å². The molecule has 0 spiro atoms. The lowest BCUT2D eigenvalue weighted by Gasteiger charge is -2.20. The zero-order valence-electron chi connectivity index (χ0n) is 12.8. The second kappa shape index (κ2) is 7.59. The first kappa shape index (κ1) is 16.0. The minimum absolute atomic E-state index is 0.287. The highest BCUT2D eigenvalue weighted by Crippen LogP contribution is 2.27. The van der Waals surface area contributed by atoms with Gasteiger partial charge in [-0.1, -0.05) is 24.6 Å². The first-order valence-electron chi connectivity index (χ1n) is 7.25. The molecule has 0 fully saturated rings. The van der Waals surface area contributed by atoms with Gasteiger partial charge in [0.15, 0.2) is 0 Å². The SMILES string of the molecule is CCC(NCC(O)c1cc(C)ccc1OC)c1cccs1. The van der Waals surface area contributed by atoms with Gasteiger partial charge in [0.2, 0.25) is 0 Å². The Morgan fingerprint density at radius 1 is 1.33 bits per heavy atom. The molecule has 1 aromatic carbocycles. The number of aliphatic hydroxyl groups excluding tert-OH is 1. The summed E-state index contributed by atoms with van der Waals surface area (Å²) in [5, 5.41) is 16.0. The molecule has 0 aliphatic rings. The normalized spacial score (nSPS) is 13.9. The highest BCUT2D eigenvalue weighted by molar-refractivity contribution is 7.10. The van der Waals surface area contributed by atoms with Crippen molar-refractivity contribution in [1.29, 1.82) is 0 Å². The number of aryl methyl sites for hydroxylation is 1. The lowest BCUT2D eigenvalue weighted by Crippen LogP contribution is -2.25. The van der Waals surface area contributed by atoms with Gasteiger partial charge in [0.25, 0.3) is 0 Å². The van der Waals surface area contributed by atoms with Crippen LogP contribution in [-0.2, 0) is 0 Å². The van der Waals surface area contributed by atoms with Crippen molar-refractivity contribution < 1.29 is 9.84 Å². The topological polar surface area (TPSA) is 41.5 Å². The van der Waals surface area contributed by atoms with Crippen LogP contribution in [-0.4, -0.2) is 18.8 Å².